The summed E-state index contributed by atoms with van der Waals surface area (Å²) < 4.78 is 16.7. The molecule has 0 fully saturated rings. The van der Waals surface area contributed by atoms with Gasteiger partial charge in [-0.05, 0) is 0 Å². The molecule has 0 aliphatic carbocycles. The summed E-state index contributed by atoms with van der Waals surface area (Å²) in [4.78, 5) is 4.23. The standard InChI is InChI=1S/C10H11NO3S/c1-12-6-4-7(13-2)9(14-3)10-8(6)11-5-15-10/h4-5H,1-3H3. The van der Waals surface area contributed by atoms with Crippen LogP contribution in [0.4, 0.5) is 0 Å². The Balaban J connectivity index is 2.78. The molecule has 0 radical (unpaired) electrons. The van der Waals surface area contributed by atoms with Gasteiger partial charge in [0, 0.05) is 6.07 Å². The Kier molecular flexibility index (Phi) is 2.64. The first-order valence-corrected chi connectivity index (χ1v) is 5.22. The number of methoxy groups -OCH3 is 3. The predicted octanol–water partition coefficient (Wildman–Crippen LogP) is 2.32. The van der Waals surface area contributed by atoms with Gasteiger partial charge in [-0.3, -0.25) is 0 Å². The van der Waals surface area contributed by atoms with Gasteiger partial charge in [-0.15, -0.1) is 11.3 Å². The third kappa shape index (κ3) is 1.48. The van der Waals surface area contributed by atoms with Crippen LogP contribution in [0.25, 0.3) is 10.2 Å². The van der Waals surface area contributed by atoms with E-state index in [9.17, 15) is 0 Å². The Labute approximate surface area is 91.4 Å². The third-order valence-electron chi connectivity index (χ3n) is 2.14. The van der Waals surface area contributed by atoms with Crippen LogP contribution in [0.1, 0.15) is 0 Å². The van der Waals surface area contributed by atoms with Crippen LogP contribution in [0.2, 0.25) is 0 Å². The zero-order chi connectivity index (χ0) is 10.8. The van der Waals surface area contributed by atoms with E-state index in [0.717, 1.165) is 10.2 Å². The number of hydrogen-bond donors (Lipinski definition) is 0. The van der Waals surface area contributed by atoms with Crippen molar-refractivity contribution in [1.29, 1.82) is 0 Å². The number of aromatic nitrogens is 1. The highest BCUT2D eigenvalue weighted by Crippen LogP contribution is 2.42. The van der Waals surface area contributed by atoms with Crippen LogP contribution >= 0.6 is 11.3 Å². The maximum absolute atomic E-state index is 5.30. The van der Waals surface area contributed by atoms with E-state index < -0.39 is 0 Å². The first-order chi connectivity index (χ1) is 7.31. The van der Waals surface area contributed by atoms with Crippen molar-refractivity contribution in [1.82, 2.24) is 4.98 Å². The number of fused-ring (bicyclic) bond motifs is 1. The first kappa shape index (κ1) is 10.0. The molecule has 0 unspecified atom stereocenters. The molecule has 0 atom stereocenters. The maximum Gasteiger partial charge on any atom is 0.180 e. The Hall–Kier alpha value is -1.49. The van der Waals surface area contributed by atoms with Crippen molar-refractivity contribution in [3.05, 3.63) is 11.6 Å². The SMILES string of the molecule is COc1cc(OC)c2ncsc2c1OC. The minimum Gasteiger partial charge on any atom is -0.494 e. The Morgan fingerprint density at radius 1 is 1.07 bits per heavy atom. The van der Waals surface area contributed by atoms with Crippen LogP contribution in [-0.4, -0.2) is 26.3 Å². The molecule has 0 saturated heterocycles. The summed E-state index contributed by atoms with van der Waals surface area (Å²) in [6.45, 7) is 0. The highest BCUT2D eigenvalue weighted by Gasteiger charge is 2.15. The van der Waals surface area contributed by atoms with Gasteiger partial charge in [0.05, 0.1) is 26.8 Å². The van der Waals surface area contributed by atoms with Gasteiger partial charge in [-0.25, -0.2) is 4.98 Å². The van der Waals surface area contributed by atoms with Crippen molar-refractivity contribution < 1.29 is 14.2 Å². The van der Waals surface area contributed by atoms with Crippen LogP contribution in [-0.2, 0) is 0 Å². The zero-order valence-corrected chi connectivity index (χ0v) is 9.55. The van der Waals surface area contributed by atoms with E-state index in [1.807, 2.05) is 0 Å². The average molecular weight is 225 g/mol. The van der Waals surface area contributed by atoms with Gasteiger partial charge >= 0.3 is 0 Å². The molecule has 5 heteroatoms. The smallest absolute Gasteiger partial charge is 0.180 e. The topological polar surface area (TPSA) is 40.6 Å². The predicted molar refractivity (Wildman–Crippen MR) is 59.3 cm³/mol. The van der Waals surface area contributed by atoms with E-state index in [4.69, 9.17) is 14.2 Å². The fourth-order valence-electron chi connectivity index (χ4n) is 1.45. The molecule has 2 aromatic rings. The quantitative estimate of drug-likeness (QED) is 0.803. The van der Waals surface area contributed by atoms with Crippen molar-refractivity contribution >= 4 is 21.6 Å². The van der Waals surface area contributed by atoms with Crippen LogP contribution in [0.3, 0.4) is 0 Å². The van der Waals surface area contributed by atoms with Gasteiger partial charge in [0.1, 0.15) is 16.0 Å². The van der Waals surface area contributed by atoms with E-state index in [2.05, 4.69) is 4.98 Å². The molecule has 1 heterocycles. The van der Waals surface area contributed by atoms with Crippen molar-refractivity contribution in [2.24, 2.45) is 0 Å². The molecule has 0 N–H and O–H groups in total. The molecular weight excluding hydrogens is 214 g/mol. The maximum atomic E-state index is 5.30. The largest absolute Gasteiger partial charge is 0.494 e. The Morgan fingerprint density at radius 3 is 2.40 bits per heavy atom. The van der Waals surface area contributed by atoms with Gasteiger partial charge < -0.3 is 14.2 Å². The summed E-state index contributed by atoms with van der Waals surface area (Å²) in [5.41, 5.74) is 2.56. The van der Waals surface area contributed by atoms with Crippen molar-refractivity contribution in [3.8, 4) is 17.2 Å². The molecular formula is C10H11NO3S. The molecule has 1 aromatic carbocycles. The third-order valence-corrected chi connectivity index (χ3v) is 2.96. The molecule has 0 amide bonds. The molecule has 0 aliphatic heterocycles. The second kappa shape index (κ2) is 3.94. The van der Waals surface area contributed by atoms with E-state index in [0.29, 0.717) is 17.2 Å². The lowest BCUT2D eigenvalue weighted by atomic mass is 10.2. The fraction of sp³-hybridized carbons (Fsp3) is 0.300. The number of rotatable bonds is 3. The highest BCUT2D eigenvalue weighted by molar-refractivity contribution is 7.17. The molecule has 80 valence electrons. The van der Waals surface area contributed by atoms with E-state index >= 15 is 0 Å². The van der Waals surface area contributed by atoms with Crippen molar-refractivity contribution in [3.63, 3.8) is 0 Å². The summed E-state index contributed by atoms with van der Waals surface area (Å²) in [5.74, 6) is 2.06. The second-order valence-corrected chi connectivity index (χ2v) is 3.70. The summed E-state index contributed by atoms with van der Waals surface area (Å²) in [5, 5.41) is 0. The lowest BCUT2D eigenvalue weighted by molar-refractivity contribution is 0.354. The van der Waals surface area contributed by atoms with E-state index in [1.54, 1.807) is 32.9 Å². The summed E-state index contributed by atoms with van der Waals surface area (Å²) in [6, 6.07) is 1.78. The minimum atomic E-state index is 0.658. The van der Waals surface area contributed by atoms with E-state index in [1.165, 1.54) is 11.3 Å². The van der Waals surface area contributed by atoms with Gasteiger partial charge in [0.2, 0.25) is 0 Å². The number of ether oxygens (including phenoxy) is 3. The zero-order valence-electron chi connectivity index (χ0n) is 8.73. The number of benzene rings is 1. The normalized spacial score (nSPS) is 10.3. The van der Waals surface area contributed by atoms with Crippen LogP contribution in [0, 0.1) is 0 Å². The van der Waals surface area contributed by atoms with Gasteiger partial charge in [-0.1, -0.05) is 0 Å². The average Bonchev–Trinajstić information content (AvgIpc) is 2.75. The molecule has 0 aliphatic rings. The van der Waals surface area contributed by atoms with Crippen molar-refractivity contribution in [2.45, 2.75) is 0 Å². The lowest BCUT2D eigenvalue weighted by Crippen LogP contribution is -1.93. The minimum absolute atomic E-state index is 0.658. The Morgan fingerprint density at radius 2 is 1.80 bits per heavy atom. The molecule has 2 rings (SSSR count). The highest BCUT2D eigenvalue weighted by atomic mass is 32.1. The van der Waals surface area contributed by atoms with Gasteiger partial charge in [-0.2, -0.15) is 0 Å². The number of thiazole rings is 1. The van der Waals surface area contributed by atoms with Crippen LogP contribution in [0.15, 0.2) is 11.6 Å². The summed E-state index contributed by atoms with van der Waals surface area (Å²) in [6.07, 6.45) is 0. The molecule has 1 aromatic heterocycles. The van der Waals surface area contributed by atoms with Crippen LogP contribution in [0.5, 0.6) is 17.2 Å². The van der Waals surface area contributed by atoms with E-state index in [-0.39, 0.29) is 0 Å². The molecule has 0 saturated carbocycles. The van der Waals surface area contributed by atoms with Gasteiger partial charge in [0.25, 0.3) is 0 Å². The number of nitrogens with zero attached hydrogens (tertiary/aromatic N) is 1. The second-order valence-electron chi connectivity index (χ2n) is 2.84. The molecule has 15 heavy (non-hydrogen) atoms. The van der Waals surface area contributed by atoms with Gasteiger partial charge in [0.15, 0.2) is 11.5 Å². The Bertz CT molecular complexity index is 481. The van der Waals surface area contributed by atoms with Crippen molar-refractivity contribution in [2.75, 3.05) is 21.3 Å². The first-order valence-electron chi connectivity index (χ1n) is 4.34. The molecule has 4 nitrogen and oxygen atoms in total. The summed E-state index contributed by atoms with van der Waals surface area (Å²) >= 11 is 1.50. The lowest BCUT2D eigenvalue weighted by Gasteiger charge is -2.10. The number of hydrogen-bond acceptors (Lipinski definition) is 5. The summed E-state index contributed by atoms with van der Waals surface area (Å²) in [7, 11) is 4.83. The molecule has 0 bridgehead atoms. The fourth-order valence-corrected chi connectivity index (χ4v) is 2.27. The molecule has 0 spiro atoms. The monoisotopic (exact) mass is 225 g/mol. The van der Waals surface area contributed by atoms with Crippen LogP contribution < -0.4 is 14.2 Å².